The van der Waals surface area contributed by atoms with E-state index in [4.69, 9.17) is 0 Å². The van der Waals surface area contributed by atoms with Crippen LogP contribution < -0.4 is 5.32 Å². The Balaban J connectivity index is 1.78. The molecule has 106 valence electrons. The summed E-state index contributed by atoms with van der Waals surface area (Å²) < 4.78 is 0. The van der Waals surface area contributed by atoms with Crippen molar-refractivity contribution < 1.29 is 0 Å². The summed E-state index contributed by atoms with van der Waals surface area (Å²) in [6, 6.07) is 2.45. The zero-order chi connectivity index (χ0) is 13.0. The van der Waals surface area contributed by atoms with Crippen molar-refractivity contribution in [1.82, 2.24) is 15.1 Å². The van der Waals surface area contributed by atoms with Crippen molar-refractivity contribution in [3.8, 4) is 0 Å². The zero-order valence-corrected chi connectivity index (χ0v) is 12.5. The van der Waals surface area contributed by atoms with Crippen molar-refractivity contribution in [2.75, 3.05) is 33.7 Å². The smallest absolute Gasteiger partial charge is 0.0113 e. The van der Waals surface area contributed by atoms with E-state index < -0.39 is 0 Å². The maximum atomic E-state index is 3.65. The topological polar surface area (TPSA) is 18.5 Å². The van der Waals surface area contributed by atoms with Crippen LogP contribution >= 0.6 is 0 Å². The van der Waals surface area contributed by atoms with Crippen molar-refractivity contribution in [2.45, 2.75) is 63.6 Å². The molecule has 1 heterocycles. The zero-order valence-electron chi connectivity index (χ0n) is 12.5. The number of piperidine rings is 1. The van der Waals surface area contributed by atoms with Crippen molar-refractivity contribution >= 4 is 0 Å². The van der Waals surface area contributed by atoms with E-state index in [9.17, 15) is 0 Å². The molecule has 0 radical (unpaired) electrons. The number of nitrogens with one attached hydrogen (secondary N) is 1. The Labute approximate surface area is 113 Å². The maximum Gasteiger partial charge on any atom is 0.0113 e. The van der Waals surface area contributed by atoms with Crippen molar-refractivity contribution in [3.05, 3.63) is 0 Å². The fourth-order valence-corrected chi connectivity index (χ4v) is 3.74. The van der Waals surface area contributed by atoms with E-state index in [1.165, 1.54) is 51.6 Å². The summed E-state index contributed by atoms with van der Waals surface area (Å²) in [5, 5.41) is 3.65. The van der Waals surface area contributed by atoms with Gasteiger partial charge in [0.05, 0.1) is 0 Å². The van der Waals surface area contributed by atoms with Crippen LogP contribution in [0.2, 0.25) is 0 Å². The monoisotopic (exact) mass is 253 g/mol. The largest absolute Gasteiger partial charge is 0.314 e. The predicted molar refractivity (Wildman–Crippen MR) is 78.0 cm³/mol. The second-order valence-electron chi connectivity index (χ2n) is 6.31. The second kappa shape index (κ2) is 6.88. The normalized spacial score (nSPS) is 32.0. The van der Waals surface area contributed by atoms with Gasteiger partial charge in [-0.1, -0.05) is 13.3 Å². The van der Waals surface area contributed by atoms with Gasteiger partial charge < -0.3 is 15.1 Å². The molecule has 1 saturated carbocycles. The van der Waals surface area contributed by atoms with Crippen LogP contribution in [-0.4, -0.2) is 61.7 Å². The molecule has 1 aliphatic heterocycles. The first kappa shape index (κ1) is 14.3. The lowest BCUT2D eigenvalue weighted by Gasteiger charge is -2.42. The van der Waals surface area contributed by atoms with Gasteiger partial charge in [-0.15, -0.1) is 0 Å². The van der Waals surface area contributed by atoms with Gasteiger partial charge >= 0.3 is 0 Å². The molecule has 2 rings (SSSR count). The lowest BCUT2D eigenvalue weighted by molar-refractivity contribution is 0.0820. The minimum Gasteiger partial charge on any atom is -0.314 e. The molecular formula is C15H31N3. The van der Waals surface area contributed by atoms with E-state index in [-0.39, 0.29) is 0 Å². The van der Waals surface area contributed by atoms with Gasteiger partial charge in [0.1, 0.15) is 0 Å². The van der Waals surface area contributed by atoms with Crippen LogP contribution in [-0.2, 0) is 0 Å². The molecule has 0 aromatic carbocycles. The number of rotatable bonds is 4. The number of hydrogen-bond acceptors (Lipinski definition) is 3. The summed E-state index contributed by atoms with van der Waals surface area (Å²) >= 11 is 0. The van der Waals surface area contributed by atoms with Gasteiger partial charge in [0.2, 0.25) is 0 Å². The Hall–Kier alpha value is -0.120. The fourth-order valence-electron chi connectivity index (χ4n) is 3.74. The van der Waals surface area contributed by atoms with Gasteiger partial charge in [0.25, 0.3) is 0 Å². The minimum absolute atomic E-state index is 0.778. The van der Waals surface area contributed by atoms with Gasteiger partial charge in [0, 0.05) is 18.1 Å². The number of hydrogen-bond donors (Lipinski definition) is 1. The van der Waals surface area contributed by atoms with E-state index in [0.717, 1.165) is 24.7 Å². The van der Waals surface area contributed by atoms with Crippen molar-refractivity contribution in [3.63, 3.8) is 0 Å². The van der Waals surface area contributed by atoms with E-state index >= 15 is 0 Å². The highest BCUT2D eigenvalue weighted by Crippen LogP contribution is 2.26. The van der Waals surface area contributed by atoms with Crippen molar-refractivity contribution in [1.29, 1.82) is 0 Å². The van der Waals surface area contributed by atoms with Gasteiger partial charge in [0.15, 0.2) is 0 Å². The van der Waals surface area contributed by atoms with E-state index in [0.29, 0.717) is 0 Å². The molecule has 2 unspecified atom stereocenters. The quantitative estimate of drug-likeness (QED) is 0.826. The first-order valence-corrected chi connectivity index (χ1v) is 7.84. The Morgan fingerprint density at radius 3 is 2.44 bits per heavy atom. The van der Waals surface area contributed by atoms with Crippen LogP contribution in [0.3, 0.4) is 0 Å². The molecule has 0 aromatic rings. The third-order valence-electron chi connectivity index (χ3n) is 4.89. The fraction of sp³-hybridized carbons (Fsp3) is 1.00. The third-order valence-corrected chi connectivity index (χ3v) is 4.89. The van der Waals surface area contributed by atoms with Crippen LogP contribution in [0, 0.1) is 0 Å². The maximum absolute atomic E-state index is 3.65. The van der Waals surface area contributed by atoms with Gasteiger partial charge in [-0.2, -0.15) is 0 Å². The van der Waals surface area contributed by atoms with E-state index in [2.05, 4.69) is 36.1 Å². The predicted octanol–water partition coefficient (Wildman–Crippen LogP) is 1.93. The van der Waals surface area contributed by atoms with E-state index in [1.807, 2.05) is 0 Å². The summed E-state index contributed by atoms with van der Waals surface area (Å²) in [6.07, 6.45) is 8.31. The molecule has 18 heavy (non-hydrogen) atoms. The summed E-state index contributed by atoms with van der Waals surface area (Å²) in [7, 11) is 4.45. The SMILES string of the molecule is CCNC1CCCC(N2CCC(N(C)C)CC2)C1. The molecule has 1 aliphatic carbocycles. The highest BCUT2D eigenvalue weighted by molar-refractivity contribution is 4.87. The van der Waals surface area contributed by atoms with Crippen LogP contribution in [0.25, 0.3) is 0 Å². The molecule has 3 nitrogen and oxygen atoms in total. The standard InChI is InChI=1S/C15H31N3/c1-4-16-13-6-5-7-15(12-13)18-10-8-14(9-11-18)17(2)3/h13-16H,4-12H2,1-3H3. The highest BCUT2D eigenvalue weighted by Gasteiger charge is 2.29. The molecular weight excluding hydrogens is 222 g/mol. The number of nitrogens with zero attached hydrogens (tertiary/aromatic N) is 2. The Bertz CT molecular complexity index is 232. The Morgan fingerprint density at radius 1 is 1.11 bits per heavy atom. The summed E-state index contributed by atoms with van der Waals surface area (Å²) in [5.41, 5.74) is 0. The van der Waals surface area contributed by atoms with E-state index in [1.54, 1.807) is 0 Å². The molecule has 1 N–H and O–H groups in total. The van der Waals surface area contributed by atoms with Crippen molar-refractivity contribution in [2.24, 2.45) is 0 Å². The average molecular weight is 253 g/mol. The number of likely N-dealkylation sites (tertiary alicyclic amines) is 1. The van der Waals surface area contributed by atoms with Gasteiger partial charge in [-0.05, 0) is 65.8 Å². The molecule has 0 aromatic heterocycles. The molecule has 0 amide bonds. The molecule has 2 aliphatic rings. The summed E-state index contributed by atoms with van der Waals surface area (Å²) in [6.45, 7) is 5.98. The van der Waals surface area contributed by atoms with Crippen LogP contribution in [0.1, 0.15) is 45.4 Å². The van der Waals surface area contributed by atoms with Crippen LogP contribution in [0.5, 0.6) is 0 Å². The lowest BCUT2D eigenvalue weighted by Crippen LogP contribution is -2.49. The molecule has 0 bridgehead atoms. The van der Waals surface area contributed by atoms with Crippen LogP contribution in [0.15, 0.2) is 0 Å². The Kier molecular flexibility index (Phi) is 5.46. The minimum atomic E-state index is 0.778. The second-order valence-corrected chi connectivity index (χ2v) is 6.31. The van der Waals surface area contributed by atoms with Crippen LogP contribution in [0.4, 0.5) is 0 Å². The molecule has 1 saturated heterocycles. The van der Waals surface area contributed by atoms with Gasteiger partial charge in [-0.25, -0.2) is 0 Å². The average Bonchev–Trinajstić information content (AvgIpc) is 2.39. The molecule has 3 heteroatoms. The molecule has 2 fully saturated rings. The summed E-state index contributed by atoms with van der Waals surface area (Å²) in [4.78, 5) is 5.17. The van der Waals surface area contributed by atoms with Gasteiger partial charge in [-0.3, -0.25) is 0 Å². The molecule has 0 spiro atoms. The lowest BCUT2D eigenvalue weighted by atomic mass is 9.88. The summed E-state index contributed by atoms with van der Waals surface area (Å²) in [5.74, 6) is 0. The highest BCUT2D eigenvalue weighted by atomic mass is 15.2. The first-order chi connectivity index (χ1) is 8.70. The molecule has 2 atom stereocenters. The first-order valence-electron chi connectivity index (χ1n) is 7.84. The Morgan fingerprint density at radius 2 is 1.83 bits per heavy atom. The third kappa shape index (κ3) is 3.69.